The first kappa shape index (κ1) is 73.8. The summed E-state index contributed by atoms with van der Waals surface area (Å²) in [5.41, 5.74) is 28.5. The van der Waals surface area contributed by atoms with E-state index in [1.54, 1.807) is 54.6 Å². The largest absolute Gasteiger partial charge is 0.448 e. The quantitative estimate of drug-likeness (QED) is 0.149. The topological polar surface area (TPSA) is 137 Å². The van der Waals surface area contributed by atoms with Gasteiger partial charge in [-0.15, -0.1) is 0 Å². The zero-order valence-corrected chi connectivity index (χ0v) is 76.2. The van der Waals surface area contributed by atoms with Gasteiger partial charge in [-0.3, -0.25) is 19.9 Å². The molecule has 0 saturated heterocycles. The van der Waals surface area contributed by atoms with Crippen LogP contribution in [0.15, 0.2) is 339 Å². The Morgan fingerprint density at radius 2 is 0.657 bits per heavy atom. The van der Waals surface area contributed by atoms with Crippen LogP contribution >= 0.6 is 0 Å². The molecule has 14 heterocycles. The van der Waals surface area contributed by atoms with Crippen LogP contribution in [0.5, 0.6) is 0 Å². The Bertz CT molecular complexity index is 9270. The molecule has 1 aliphatic rings. The molecule has 14 nitrogen and oxygen atoms in total. The number of hydrogen-bond donors (Lipinski definition) is 0. The smallest absolute Gasteiger partial charge is 0.256 e. The molecule has 1 aliphatic carbocycles. The molecule has 134 heavy (non-hydrogen) atoms. The molecule has 0 spiro atoms. The Labute approximate surface area is 788 Å². The molecule has 14 aromatic heterocycles. The molecule has 652 valence electrons. The Morgan fingerprint density at radius 1 is 0.276 bits per heavy atom. The first-order valence-electron chi connectivity index (χ1n) is 50.1. The molecular formula is C120H102N9O5+5. The number of pyridine rings is 9. The zero-order chi connectivity index (χ0) is 98.9. The van der Waals surface area contributed by atoms with Gasteiger partial charge in [-0.25, -0.2) is 0 Å². The van der Waals surface area contributed by atoms with Gasteiger partial charge >= 0.3 is 0 Å². The molecule has 0 aliphatic heterocycles. The Hall–Kier alpha value is -15.9. The maximum atomic E-state index is 8.13. The number of rotatable bonds is 6. The van der Waals surface area contributed by atoms with Gasteiger partial charge in [0.15, 0.2) is 47.7 Å². The third kappa shape index (κ3) is 14.5. The molecule has 26 rings (SSSR count). The van der Waals surface area contributed by atoms with Crippen molar-refractivity contribution in [3.8, 4) is 56.3 Å². The normalized spacial score (nSPS) is 13.8. The minimum Gasteiger partial charge on any atom is -0.448 e. The third-order valence-electron chi connectivity index (χ3n) is 27.1. The van der Waals surface area contributed by atoms with Gasteiger partial charge in [0.2, 0.25) is 27.9 Å². The molecule has 1 fully saturated rings. The lowest BCUT2D eigenvalue weighted by Gasteiger charge is -2.22. The molecular weight excluding hydrogens is 1650 g/mol. The zero-order valence-electron chi connectivity index (χ0n) is 85.2. The van der Waals surface area contributed by atoms with Crippen molar-refractivity contribution in [2.75, 3.05) is 0 Å². The van der Waals surface area contributed by atoms with E-state index in [0.29, 0.717) is 49.8 Å². The molecule has 0 bridgehead atoms. The van der Waals surface area contributed by atoms with E-state index in [1.165, 1.54) is 92.6 Å². The van der Waals surface area contributed by atoms with E-state index < -0.39 is 20.6 Å². The van der Waals surface area contributed by atoms with E-state index >= 15 is 0 Å². The van der Waals surface area contributed by atoms with E-state index in [0.717, 1.165) is 149 Å². The van der Waals surface area contributed by atoms with Crippen LogP contribution in [-0.2, 0) is 35.2 Å². The van der Waals surface area contributed by atoms with Crippen molar-refractivity contribution in [3.63, 3.8) is 0 Å². The second kappa shape index (κ2) is 34.1. The average Bonchev–Trinajstić information content (AvgIpc) is 1.05. The second-order valence-electron chi connectivity index (χ2n) is 35.6. The summed E-state index contributed by atoms with van der Waals surface area (Å²) < 4.78 is 114. The van der Waals surface area contributed by atoms with Gasteiger partial charge in [-0.1, -0.05) is 207 Å². The van der Waals surface area contributed by atoms with Gasteiger partial charge in [-0.2, -0.15) is 22.8 Å². The maximum Gasteiger partial charge on any atom is 0.256 e. The lowest BCUT2D eigenvalue weighted by Crippen LogP contribution is -2.31. The van der Waals surface area contributed by atoms with E-state index in [1.807, 2.05) is 129 Å². The Morgan fingerprint density at radius 3 is 1.13 bits per heavy atom. The predicted molar refractivity (Wildman–Crippen MR) is 544 cm³/mol. The van der Waals surface area contributed by atoms with Crippen molar-refractivity contribution in [3.05, 3.63) is 367 Å². The summed E-state index contributed by atoms with van der Waals surface area (Å²) in [6.45, 7) is 3.43. The first-order valence-corrected chi connectivity index (χ1v) is 45.6. The fourth-order valence-electron chi connectivity index (χ4n) is 20.3. The highest BCUT2D eigenvalue weighted by atomic mass is 16.3. The molecule has 0 radical (unpaired) electrons. The van der Waals surface area contributed by atoms with Gasteiger partial charge in [0.25, 0.3) is 28.5 Å². The lowest BCUT2D eigenvalue weighted by molar-refractivity contribution is -0.659. The maximum absolute atomic E-state index is 8.13. The molecule has 25 aromatic rings. The van der Waals surface area contributed by atoms with Gasteiger partial charge in [0.05, 0.1) is 49.5 Å². The van der Waals surface area contributed by atoms with Crippen LogP contribution in [0, 0.1) is 55.2 Å². The van der Waals surface area contributed by atoms with Gasteiger partial charge in [-0.05, 0) is 173 Å². The Kier molecular flexibility index (Phi) is 18.8. The molecule has 0 unspecified atom stereocenters. The molecule has 0 N–H and O–H groups in total. The van der Waals surface area contributed by atoms with Crippen LogP contribution in [0.3, 0.4) is 0 Å². The summed E-state index contributed by atoms with van der Waals surface area (Å²) in [5, 5.41) is 16.1. The molecule has 1 saturated carbocycles. The number of nitrogens with zero attached hydrogens (tertiary/aromatic N) is 9. The fraction of sp³-hybridized carbons (Fsp3) is 0.158. The number of aryl methyl sites for hydroxylation is 13. The summed E-state index contributed by atoms with van der Waals surface area (Å²) in [4.78, 5) is 18.3. The Balaban J connectivity index is 0.000000103. The van der Waals surface area contributed by atoms with Crippen LogP contribution in [0.25, 0.3) is 220 Å². The van der Waals surface area contributed by atoms with Gasteiger partial charge < -0.3 is 22.1 Å². The average molecular weight is 1760 g/mol. The molecule has 11 aromatic carbocycles. The van der Waals surface area contributed by atoms with E-state index in [4.69, 9.17) is 34.4 Å². The number of furan rings is 5. The SMILES string of the molecule is Cc1ccccc1-c1c2oc3c4ccc(C5CCCCC5)cc4ccc3c2cc[n+]1C.Cc1ccccc1-c1c2oc3c4ccccc4cnc3c2cc[n+]1C.Cc1ccccc1-c1c2oc3c4cccnc4ccc3c2cc[n+]1C.[2H]C([2H])([2H])c1c[n+](C)c(-c2ccccc2C)c2oc3c4ccccc4cnc3c12.[2H]C([2H])([2H])c1ccc(-c2c3oc4c5ccccc5cnc4c3c(C([2H])([2H])[2H])c[n+]2C)c(C)c1. The highest BCUT2D eigenvalue weighted by Crippen LogP contribution is 2.46. The van der Waals surface area contributed by atoms with Crippen molar-refractivity contribution in [2.45, 2.75) is 93.2 Å². The van der Waals surface area contributed by atoms with Crippen LogP contribution in [0.4, 0.5) is 0 Å². The fourth-order valence-corrected chi connectivity index (χ4v) is 20.3. The summed E-state index contributed by atoms with van der Waals surface area (Å²) in [6, 6.07) is 88.3. The minimum atomic E-state index is -2.38. The molecule has 0 amide bonds. The molecule has 14 heteroatoms. The number of benzene rings is 11. The minimum absolute atomic E-state index is 0.155. The van der Waals surface area contributed by atoms with Crippen molar-refractivity contribution in [1.29, 1.82) is 0 Å². The summed E-state index contributed by atoms with van der Waals surface area (Å²) in [5.74, 6) is 0.719. The van der Waals surface area contributed by atoms with E-state index in [-0.39, 0.29) is 16.7 Å². The standard InChI is InChI=1S/C29H28NO.C24H21N2O.C23H19N2O.2C22H17N2O/c1-19-8-6-7-11-23(19)27-29-26(16-17-30(27)2)25-15-13-22-18-21(20-9-4-3-5-10-20)12-14-24(22)28(25)31-29;1-14-9-10-18(15(2)11-14)22-24-20(16(3)13-26(22)4)21-23(27-24)19-8-6-5-7-17(19)12-25-21;1-14-8-4-6-10-17(14)21-23-19(15(2)13-25(21)3)20-22(26-23)18-11-7-5-9-16(18)12-24-20;1-14-7-3-5-9-16(14)20-22-18(11-12-24(20)2)19-21(25-22)17-10-6-4-8-15(17)13-23-19;1-14-6-3-4-7-15(14)20-22-17(11-13-24(20)2)16-9-10-19-18(21(16)25-22)8-5-12-23-19/h6-8,11-18,20H,3-5,9-10H2,1-2H3;5-13H,1-4H3;4-13H,1-3H3;2*3-13H,1-2H3/q5*+1/i;1D3,3D3;2D3;;. The number of fused-ring (bicyclic) bond motifs is 25. The number of hydrogen-bond acceptors (Lipinski definition) is 9. The second-order valence-corrected chi connectivity index (χ2v) is 35.6. The summed E-state index contributed by atoms with van der Waals surface area (Å²) >= 11 is 0. The van der Waals surface area contributed by atoms with Crippen molar-refractivity contribution in [1.82, 2.24) is 19.9 Å². The van der Waals surface area contributed by atoms with Crippen LogP contribution in [-0.4, -0.2) is 19.9 Å². The van der Waals surface area contributed by atoms with Crippen LogP contribution in [0.2, 0.25) is 0 Å². The third-order valence-corrected chi connectivity index (χ3v) is 27.1. The number of aromatic nitrogens is 9. The van der Waals surface area contributed by atoms with Crippen molar-refractivity contribution >= 4 is 164 Å². The van der Waals surface area contributed by atoms with Crippen LogP contribution < -0.4 is 22.8 Å². The summed E-state index contributed by atoms with van der Waals surface area (Å²) in [6.07, 6.45) is 23.6. The highest BCUT2D eigenvalue weighted by molar-refractivity contribution is 6.21. The van der Waals surface area contributed by atoms with Crippen molar-refractivity contribution < 1.29 is 57.3 Å². The van der Waals surface area contributed by atoms with Crippen LogP contribution in [0.1, 0.15) is 100 Å². The van der Waals surface area contributed by atoms with Crippen molar-refractivity contribution in [2.24, 2.45) is 35.2 Å². The van der Waals surface area contributed by atoms with Gasteiger partial charge in [0, 0.05) is 131 Å². The molecule has 0 atom stereocenters. The summed E-state index contributed by atoms with van der Waals surface area (Å²) in [7, 11) is 9.84. The monoisotopic (exact) mass is 1760 g/mol. The highest BCUT2D eigenvalue weighted by Gasteiger charge is 2.32. The van der Waals surface area contributed by atoms with Gasteiger partial charge in [0.1, 0.15) is 63.0 Å². The first-order chi connectivity index (χ1) is 69.0. The van der Waals surface area contributed by atoms with E-state index in [2.05, 4.69) is 246 Å². The lowest BCUT2D eigenvalue weighted by atomic mass is 9.83. The predicted octanol–water partition coefficient (Wildman–Crippen LogP) is 28.2. The van der Waals surface area contributed by atoms with E-state index in [9.17, 15) is 0 Å².